The molecule has 16 heavy (non-hydrogen) atoms. The van der Waals surface area contributed by atoms with E-state index in [1.165, 1.54) is 19.3 Å². The maximum atomic E-state index is 10.4. The zero-order valence-corrected chi connectivity index (χ0v) is 9.44. The predicted molar refractivity (Wildman–Crippen MR) is 56.2 cm³/mol. The molecule has 5 nitrogen and oxygen atoms in total. The van der Waals surface area contributed by atoms with Crippen LogP contribution < -0.4 is 0 Å². The molecule has 1 aromatic heterocycles. The second-order valence-electron chi connectivity index (χ2n) is 4.37. The Bertz CT molecular complexity index is 410. The molecule has 0 aliphatic heterocycles. The van der Waals surface area contributed by atoms with Gasteiger partial charge in [0.05, 0.1) is 0 Å². The monoisotopic (exact) mass is 240 g/mol. The lowest BCUT2D eigenvalue weighted by Gasteiger charge is -1.95. The standard InChI is InChI=1S/C10H12N2O3S/c13-7(14)4-16-10-12-11-9(15-10)8-5-2-1-3-6(5)8/h5-6,8H,1-4H2,(H,13,14). The highest BCUT2D eigenvalue weighted by Gasteiger charge is 2.56. The van der Waals surface area contributed by atoms with Crippen molar-refractivity contribution < 1.29 is 14.3 Å². The number of hydrogen-bond donors (Lipinski definition) is 1. The molecule has 0 bridgehead atoms. The first-order valence-corrected chi connectivity index (χ1v) is 6.42. The van der Waals surface area contributed by atoms with Crippen molar-refractivity contribution in [1.29, 1.82) is 0 Å². The van der Waals surface area contributed by atoms with Crippen LogP contribution in [0.1, 0.15) is 31.1 Å². The molecule has 0 aromatic carbocycles. The van der Waals surface area contributed by atoms with E-state index in [1.54, 1.807) is 0 Å². The first-order chi connectivity index (χ1) is 7.75. The molecule has 2 aliphatic carbocycles. The lowest BCUT2D eigenvalue weighted by atomic mass is 10.1. The first-order valence-electron chi connectivity index (χ1n) is 5.43. The molecule has 2 unspecified atom stereocenters. The van der Waals surface area contributed by atoms with Crippen molar-refractivity contribution >= 4 is 17.7 Å². The molecule has 3 rings (SSSR count). The average Bonchev–Trinajstić information content (AvgIpc) is 2.73. The molecule has 0 spiro atoms. The zero-order chi connectivity index (χ0) is 11.1. The average molecular weight is 240 g/mol. The van der Waals surface area contributed by atoms with Gasteiger partial charge >= 0.3 is 5.97 Å². The van der Waals surface area contributed by atoms with Gasteiger partial charge in [0.2, 0.25) is 5.89 Å². The molecule has 2 saturated carbocycles. The van der Waals surface area contributed by atoms with Crippen LogP contribution in [-0.4, -0.2) is 27.0 Å². The largest absolute Gasteiger partial charge is 0.481 e. The number of carboxylic acids is 1. The minimum absolute atomic E-state index is 0.0286. The summed E-state index contributed by atoms with van der Waals surface area (Å²) in [6.07, 6.45) is 3.87. The number of nitrogens with zero attached hydrogens (tertiary/aromatic N) is 2. The second-order valence-corrected chi connectivity index (χ2v) is 5.30. The Morgan fingerprint density at radius 1 is 1.44 bits per heavy atom. The van der Waals surface area contributed by atoms with Gasteiger partial charge in [0.15, 0.2) is 0 Å². The molecule has 86 valence electrons. The number of fused-ring (bicyclic) bond motifs is 1. The molecule has 2 atom stereocenters. The molecule has 1 aromatic rings. The van der Waals surface area contributed by atoms with Gasteiger partial charge in [-0.1, -0.05) is 18.2 Å². The van der Waals surface area contributed by atoms with E-state index in [0.29, 0.717) is 17.0 Å². The summed E-state index contributed by atoms with van der Waals surface area (Å²) >= 11 is 1.08. The highest BCUT2D eigenvalue weighted by molar-refractivity contribution is 7.99. The van der Waals surface area contributed by atoms with Crippen molar-refractivity contribution in [2.45, 2.75) is 30.4 Å². The molecule has 0 radical (unpaired) electrons. The first kappa shape index (κ1) is 10.1. The summed E-state index contributed by atoms with van der Waals surface area (Å²) in [5.41, 5.74) is 0. The number of carboxylic acid groups (broad SMARTS) is 1. The summed E-state index contributed by atoms with van der Waals surface area (Å²) < 4.78 is 5.47. The summed E-state index contributed by atoms with van der Waals surface area (Å²) in [6, 6.07) is 0. The van der Waals surface area contributed by atoms with Gasteiger partial charge in [-0.25, -0.2) is 0 Å². The fraction of sp³-hybridized carbons (Fsp3) is 0.700. The molecule has 2 aliphatic rings. The van der Waals surface area contributed by atoms with Gasteiger partial charge in [-0.05, 0) is 24.7 Å². The summed E-state index contributed by atoms with van der Waals surface area (Å²) in [5, 5.41) is 16.8. The Morgan fingerprint density at radius 2 is 2.19 bits per heavy atom. The van der Waals surface area contributed by atoms with Gasteiger partial charge in [0, 0.05) is 5.92 Å². The van der Waals surface area contributed by atoms with Gasteiger partial charge in [0.1, 0.15) is 5.75 Å². The van der Waals surface area contributed by atoms with E-state index >= 15 is 0 Å². The third kappa shape index (κ3) is 1.71. The summed E-state index contributed by atoms with van der Waals surface area (Å²) in [5.74, 6) is 1.77. The molecule has 1 heterocycles. The maximum Gasteiger partial charge on any atom is 0.314 e. The molecular formula is C10H12N2O3S. The molecule has 0 saturated heterocycles. The van der Waals surface area contributed by atoms with E-state index in [4.69, 9.17) is 9.52 Å². The fourth-order valence-corrected chi connectivity index (χ4v) is 3.21. The van der Waals surface area contributed by atoms with E-state index < -0.39 is 5.97 Å². The van der Waals surface area contributed by atoms with Crippen LogP contribution in [0.5, 0.6) is 0 Å². The number of hydrogen-bond acceptors (Lipinski definition) is 5. The van der Waals surface area contributed by atoms with Crippen LogP contribution in [0.15, 0.2) is 9.64 Å². The van der Waals surface area contributed by atoms with Crippen molar-refractivity contribution in [3.05, 3.63) is 5.89 Å². The van der Waals surface area contributed by atoms with Gasteiger partial charge in [0.25, 0.3) is 5.22 Å². The van der Waals surface area contributed by atoms with Gasteiger partial charge < -0.3 is 9.52 Å². The van der Waals surface area contributed by atoms with Crippen molar-refractivity contribution in [1.82, 2.24) is 10.2 Å². The van der Waals surface area contributed by atoms with E-state index in [1.807, 2.05) is 0 Å². The topological polar surface area (TPSA) is 76.2 Å². The van der Waals surface area contributed by atoms with Crippen LogP contribution in [0.25, 0.3) is 0 Å². The van der Waals surface area contributed by atoms with Crippen LogP contribution in [0.2, 0.25) is 0 Å². The normalized spacial score (nSPS) is 31.4. The van der Waals surface area contributed by atoms with E-state index in [-0.39, 0.29) is 5.75 Å². The molecular weight excluding hydrogens is 228 g/mol. The Kier molecular flexibility index (Phi) is 2.38. The summed E-state index contributed by atoms with van der Waals surface area (Å²) in [4.78, 5) is 10.4. The quantitative estimate of drug-likeness (QED) is 0.808. The number of aromatic nitrogens is 2. The third-order valence-corrected chi connectivity index (χ3v) is 4.24. The molecule has 2 fully saturated rings. The highest BCUT2D eigenvalue weighted by Crippen LogP contribution is 2.62. The number of carbonyl (C=O) groups is 1. The maximum absolute atomic E-state index is 10.4. The van der Waals surface area contributed by atoms with Gasteiger partial charge in [-0.3, -0.25) is 4.79 Å². The van der Waals surface area contributed by atoms with Crippen LogP contribution >= 0.6 is 11.8 Å². The van der Waals surface area contributed by atoms with Crippen LogP contribution in [0.3, 0.4) is 0 Å². The predicted octanol–water partition coefficient (Wildman–Crippen LogP) is 1.76. The number of rotatable bonds is 4. The van der Waals surface area contributed by atoms with Crippen molar-refractivity contribution in [2.75, 3.05) is 5.75 Å². The Labute approximate surface area is 96.6 Å². The third-order valence-electron chi connectivity index (χ3n) is 3.43. The lowest BCUT2D eigenvalue weighted by molar-refractivity contribution is -0.133. The van der Waals surface area contributed by atoms with Crippen molar-refractivity contribution in [2.24, 2.45) is 11.8 Å². The number of aliphatic carboxylic acids is 1. The number of thioether (sulfide) groups is 1. The minimum atomic E-state index is -0.868. The summed E-state index contributed by atoms with van der Waals surface area (Å²) in [6.45, 7) is 0. The highest BCUT2D eigenvalue weighted by atomic mass is 32.2. The second kappa shape index (κ2) is 3.76. The molecule has 0 amide bonds. The molecule has 6 heteroatoms. The molecule has 1 N–H and O–H groups in total. The van der Waals surface area contributed by atoms with E-state index in [9.17, 15) is 4.79 Å². The van der Waals surface area contributed by atoms with E-state index in [2.05, 4.69) is 10.2 Å². The lowest BCUT2D eigenvalue weighted by Crippen LogP contribution is -1.97. The zero-order valence-electron chi connectivity index (χ0n) is 8.63. The van der Waals surface area contributed by atoms with Crippen LogP contribution in [0.4, 0.5) is 0 Å². The van der Waals surface area contributed by atoms with Crippen molar-refractivity contribution in [3.8, 4) is 0 Å². The SMILES string of the molecule is O=C(O)CSc1nnc(C2C3CCCC32)o1. The van der Waals surface area contributed by atoms with Gasteiger partial charge in [-0.2, -0.15) is 0 Å². The Hall–Kier alpha value is -1.04. The Morgan fingerprint density at radius 3 is 2.88 bits per heavy atom. The summed E-state index contributed by atoms with van der Waals surface area (Å²) in [7, 11) is 0. The van der Waals surface area contributed by atoms with Crippen molar-refractivity contribution in [3.63, 3.8) is 0 Å². The van der Waals surface area contributed by atoms with E-state index in [0.717, 1.165) is 23.6 Å². The Balaban J connectivity index is 1.63. The minimum Gasteiger partial charge on any atom is -0.481 e. The van der Waals surface area contributed by atoms with Gasteiger partial charge in [-0.15, -0.1) is 10.2 Å². The van der Waals surface area contributed by atoms with Crippen LogP contribution in [0, 0.1) is 11.8 Å². The smallest absolute Gasteiger partial charge is 0.314 e. The van der Waals surface area contributed by atoms with Crippen LogP contribution in [-0.2, 0) is 4.79 Å². The fourth-order valence-electron chi connectivity index (χ4n) is 2.72.